The summed E-state index contributed by atoms with van der Waals surface area (Å²) in [4.78, 5) is 14.1. The molecule has 0 atom stereocenters. The Hall–Kier alpha value is -2.09. The fourth-order valence-electron chi connectivity index (χ4n) is 1.72. The van der Waals surface area contributed by atoms with Crippen LogP contribution in [-0.4, -0.2) is 14.6 Å². The van der Waals surface area contributed by atoms with Crippen LogP contribution in [0.15, 0.2) is 17.3 Å². The zero-order chi connectivity index (χ0) is 11.0. The van der Waals surface area contributed by atoms with Crippen LogP contribution in [0.1, 0.15) is 30.9 Å². The smallest absolute Gasteiger partial charge is 0.275 e. The van der Waals surface area contributed by atoms with Gasteiger partial charge in [0.15, 0.2) is 0 Å². The van der Waals surface area contributed by atoms with Crippen LogP contribution in [0.2, 0.25) is 0 Å². The second-order valence-electron chi connectivity index (χ2n) is 3.63. The zero-order valence-electron chi connectivity index (χ0n) is 8.48. The maximum atomic E-state index is 11.6. The number of rotatable bonds is 1. The maximum Gasteiger partial charge on any atom is 0.275 e. The fourth-order valence-corrected chi connectivity index (χ4v) is 1.72. The molecule has 0 fully saturated rings. The van der Waals surface area contributed by atoms with E-state index in [1.807, 2.05) is 13.8 Å². The topological polar surface area (TPSA) is 74.0 Å². The summed E-state index contributed by atoms with van der Waals surface area (Å²) >= 11 is 0. The molecule has 2 heterocycles. The van der Waals surface area contributed by atoms with Gasteiger partial charge in [-0.3, -0.25) is 4.79 Å². The number of aromatic amines is 1. The van der Waals surface area contributed by atoms with Crippen molar-refractivity contribution in [1.82, 2.24) is 14.6 Å². The van der Waals surface area contributed by atoms with Gasteiger partial charge in [-0.05, 0) is 5.92 Å². The van der Waals surface area contributed by atoms with Gasteiger partial charge in [-0.25, -0.2) is 4.52 Å². The molecule has 15 heavy (non-hydrogen) atoms. The quantitative estimate of drug-likeness (QED) is 0.750. The van der Waals surface area contributed by atoms with Crippen LogP contribution < -0.4 is 5.56 Å². The molecule has 0 aliphatic heterocycles. The molecule has 0 unspecified atom stereocenters. The second kappa shape index (κ2) is 3.24. The SMILES string of the molecule is CC(C)c1c(C#N)cn2nc[nH]c(=O)c12. The van der Waals surface area contributed by atoms with Crippen LogP contribution in [-0.2, 0) is 0 Å². The molecule has 0 amide bonds. The fraction of sp³-hybridized carbons (Fsp3) is 0.300. The molecule has 2 rings (SSSR count). The third-order valence-electron chi connectivity index (χ3n) is 2.32. The Bertz CT molecular complexity index is 600. The van der Waals surface area contributed by atoms with E-state index in [1.165, 1.54) is 10.8 Å². The summed E-state index contributed by atoms with van der Waals surface area (Å²) in [7, 11) is 0. The van der Waals surface area contributed by atoms with E-state index in [0.717, 1.165) is 5.56 Å². The third kappa shape index (κ3) is 1.31. The van der Waals surface area contributed by atoms with Crippen LogP contribution in [0.3, 0.4) is 0 Å². The number of hydrogen-bond acceptors (Lipinski definition) is 3. The van der Waals surface area contributed by atoms with Crippen LogP contribution in [0, 0.1) is 11.3 Å². The van der Waals surface area contributed by atoms with E-state index in [9.17, 15) is 4.79 Å². The van der Waals surface area contributed by atoms with Crippen LogP contribution in [0.25, 0.3) is 5.52 Å². The first-order chi connectivity index (χ1) is 7.15. The highest BCUT2D eigenvalue weighted by Crippen LogP contribution is 2.22. The van der Waals surface area contributed by atoms with E-state index < -0.39 is 0 Å². The van der Waals surface area contributed by atoms with E-state index in [2.05, 4.69) is 16.2 Å². The van der Waals surface area contributed by atoms with Gasteiger partial charge in [-0.2, -0.15) is 10.4 Å². The van der Waals surface area contributed by atoms with Gasteiger partial charge in [0.05, 0.1) is 5.56 Å². The summed E-state index contributed by atoms with van der Waals surface area (Å²) in [5, 5.41) is 12.9. The largest absolute Gasteiger partial charge is 0.310 e. The molecule has 5 heteroatoms. The van der Waals surface area contributed by atoms with Crippen LogP contribution in [0.4, 0.5) is 0 Å². The van der Waals surface area contributed by atoms with Crippen LogP contribution in [0.5, 0.6) is 0 Å². The van der Waals surface area contributed by atoms with Gasteiger partial charge >= 0.3 is 0 Å². The van der Waals surface area contributed by atoms with Gasteiger partial charge < -0.3 is 4.98 Å². The molecular weight excluding hydrogens is 192 g/mol. The zero-order valence-corrected chi connectivity index (χ0v) is 8.48. The molecule has 0 aliphatic rings. The van der Waals surface area contributed by atoms with Gasteiger partial charge in [-0.1, -0.05) is 13.8 Å². The lowest BCUT2D eigenvalue weighted by Gasteiger charge is -2.02. The molecule has 2 aromatic rings. The Balaban J connectivity index is 2.97. The van der Waals surface area contributed by atoms with Crippen molar-refractivity contribution in [3.05, 3.63) is 34.0 Å². The molecule has 0 saturated carbocycles. The molecule has 1 N–H and O–H groups in total. The van der Waals surface area contributed by atoms with E-state index in [-0.39, 0.29) is 11.5 Å². The monoisotopic (exact) mass is 202 g/mol. The molecule has 76 valence electrons. The second-order valence-corrected chi connectivity index (χ2v) is 3.63. The lowest BCUT2D eigenvalue weighted by Crippen LogP contribution is -2.11. The minimum atomic E-state index is -0.213. The first-order valence-electron chi connectivity index (χ1n) is 4.64. The molecule has 0 bridgehead atoms. The standard InChI is InChI=1S/C10H10N4O/c1-6(2)8-7(3-11)4-14-9(8)10(15)12-5-13-14/h4-6H,1-2H3,(H,12,13,15). The van der Waals surface area contributed by atoms with E-state index >= 15 is 0 Å². The van der Waals surface area contributed by atoms with E-state index in [4.69, 9.17) is 5.26 Å². The highest BCUT2D eigenvalue weighted by molar-refractivity contribution is 5.61. The van der Waals surface area contributed by atoms with Crippen molar-refractivity contribution in [3.8, 4) is 6.07 Å². The van der Waals surface area contributed by atoms with Crippen LogP contribution >= 0.6 is 0 Å². The van der Waals surface area contributed by atoms with Crippen molar-refractivity contribution in [2.24, 2.45) is 0 Å². The highest BCUT2D eigenvalue weighted by atomic mass is 16.1. The predicted octanol–water partition coefficient (Wildman–Crippen LogP) is 1.02. The van der Waals surface area contributed by atoms with Gasteiger partial charge in [0.1, 0.15) is 17.9 Å². The van der Waals surface area contributed by atoms with Gasteiger partial charge in [0.25, 0.3) is 5.56 Å². The van der Waals surface area contributed by atoms with Crippen molar-refractivity contribution in [2.75, 3.05) is 0 Å². The van der Waals surface area contributed by atoms with Gasteiger partial charge in [0, 0.05) is 11.8 Å². The number of fused-ring (bicyclic) bond motifs is 1. The number of aromatic nitrogens is 3. The van der Waals surface area contributed by atoms with Crippen molar-refractivity contribution < 1.29 is 0 Å². The van der Waals surface area contributed by atoms with E-state index in [0.29, 0.717) is 11.1 Å². The number of hydrogen-bond donors (Lipinski definition) is 1. The van der Waals surface area contributed by atoms with E-state index in [1.54, 1.807) is 6.20 Å². The summed E-state index contributed by atoms with van der Waals surface area (Å²) in [5.74, 6) is 0.120. The Labute approximate surface area is 86.0 Å². The lowest BCUT2D eigenvalue weighted by molar-refractivity contribution is 0.852. The average Bonchev–Trinajstić information content (AvgIpc) is 2.57. The van der Waals surface area contributed by atoms with Gasteiger partial charge in [0.2, 0.25) is 0 Å². The minimum absolute atomic E-state index is 0.120. The molecular formula is C10H10N4O. The Morgan fingerprint density at radius 2 is 2.33 bits per heavy atom. The Morgan fingerprint density at radius 1 is 1.60 bits per heavy atom. The normalized spacial score (nSPS) is 10.8. The van der Waals surface area contributed by atoms with Crippen molar-refractivity contribution in [3.63, 3.8) is 0 Å². The maximum absolute atomic E-state index is 11.6. The molecule has 0 aromatic carbocycles. The number of H-pyrrole nitrogens is 1. The average molecular weight is 202 g/mol. The van der Waals surface area contributed by atoms with Crippen molar-refractivity contribution in [2.45, 2.75) is 19.8 Å². The summed E-state index contributed by atoms with van der Waals surface area (Å²) in [5.41, 5.74) is 1.51. The Morgan fingerprint density at radius 3 is 2.93 bits per heavy atom. The first kappa shape index (κ1) is 9.46. The lowest BCUT2D eigenvalue weighted by atomic mass is 10.0. The predicted molar refractivity (Wildman–Crippen MR) is 54.6 cm³/mol. The first-order valence-corrected chi connectivity index (χ1v) is 4.64. The summed E-state index contributed by atoms with van der Waals surface area (Å²) in [6, 6.07) is 2.08. The highest BCUT2D eigenvalue weighted by Gasteiger charge is 2.16. The summed E-state index contributed by atoms with van der Waals surface area (Å²) in [6.07, 6.45) is 2.90. The van der Waals surface area contributed by atoms with Crippen molar-refractivity contribution >= 4 is 5.52 Å². The molecule has 0 spiro atoms. The van der Waals surface area contributed by atoms with Gasteiger partial charge in [-0.15, -0.1) is 0 Å². The molecule has 5 nitrogen and oxygen atoms in total. The molecule has 0 radical (unpaired) electrons. The summed E-state index contributed by atoms with van der Waals surface area (Å²) in [6.45, 7) is 3.89. The number of nitrogens with zero attached hydrogens (tertiary/aromatic N) is 3. The summed E-state index contributed by atoms with van der Waals surface area (Å²) < 4.78 is 1.45. The minimum Gasteiger partial charge on any atom is -0.310 e. The Kier molecular flexibility index (Phi) is 2.05. The molecule has 0 saturated heterocycles. The number of nitrogens with one attached hydrogen (secondary N) is 1. The number of nitriles is 1. The van der Waals surface area contributed by atoms with Crippen molar-refractivity contribution in [1.29, 1.82) is 5.26 Å². The molecule has 0 aliphatic carbocycles. The molecule has 2 aromatic heterocycles. The third-order valence-corrected chi connectivity index (χ3v) is 2.32.